The molecule has 23 heavy (non-hydrogen) atoms. The van der Waals surface area contributed by atoms with Crippen molar-refractivity contribution in [3.05, 3.63) is 6.20 Å². The van der Waals surface area contributed by atoms with Crippen LogP contribution in [0.3, 0.4) is 0 Å². The van der Waals surface area contributed by atoms with E-state index in [4.69, 9.17) is 10.5 Å². The molecule has 1 aromatic rings. The number of aromatic amines is 1. The zero-order valence-corrected chi connectivity index (χ0v) is 14.4. The maximum Gasteiger partial charge on any atom is 0.410 e. The second-order valence-corrected chi connectivity index (χ2v) is 8.28. The molecular formula is C13H23N5O4S. The smallest absolute Gasteiger partial charge is 0.410 e. The molecular weight excluding hydrogens is 322 g/mol. The third kappa shape index (κ3) is 4.14. The maximum absolute atomic E-state index is 12.6. The molecule has 1 amide bonds. The molecule has 0 bridgehead atoms. The van der Waals surface area contributed by atoms with Gasteiger partial charge in [-0.25, -0.2) is 13.2 Å². The first kappa shape index (κ1) is 17.5. The molecule has 0 saturated carbocycles. The molecule has 1 aliphatic rings. The molecule has 2 rings (SSSR count). The number of amides is 1. The maximum atomic E-state index is 12.6. The van der Waals surface area contributed by atoms with Crippen molar-refractivity contribution in [3.63, 3.8) is 0 Å². The van der Waals surface area contributed by atoms with Crippen molar-refractivity contribution >= 4 is 21.9 Å². The Morgan fingerprint density at radius 1 is 1.30 bits per heavy atom. The lowest BCUT2D eigenvalue weighted by atomic mass is 10.2. The minimum absolute atomic E-state index is 0.0123. The molecule has 0 atom stereocenters. The van der Waals surface area contributed by atoms with Gasteiger partial charge >= 0.3 is 6.09 Å². The summed E-state index contributed by atoms with van der Waals surface area (Å²) in [5, 5.41) is 6.07. The van der Waals surface area contributed by atoms with Gasteiger partial charge in [0.25, 0.3) is 0 Å². The summed E-state index contributed by atoms with van der Waals surface area (Å²) in [6.45, 7) is 6.59. The molecule has 1 aliphatic heterocycles. The van der Waals surface area contributed by atoms with E-state index < -0.39 is 21.7 Å². The molecule has 130 valence electrons. The standard InChI is InChI=1S/C13H23N5O4S/c1-13(2,3)22-12(19)17-5-4-6-18(8-7-17)23(20,21)10-9-15-16-11(10)14/h9H,4-8H2,1-3H3,(H3,14,15,16). The number of H-pyrrole nitrogens is 1. The van der Waals surface area contributed by atoms with Gasteiger partial charge in [0.05, 0.1) is 6.20 Å². The number of hydrogen-bond donors (Lipinski definition) is 2. The monoisotopic (exact) mass is 345 g/mol. The van der Waals surface area contributed by atoms with Gasteiger partial charge in [0, 0.05) is 26.2 Å². The number of nitrogens with two attached hydrogens (primary N) is 1. The zero-order valence-electron chi connectivity index (χ0n) is 13.6. The highest BCUT2D eigenvalue weighted by Crippen LogP contribution is 2.21. The van der Waals surface area contributed by atoms with Crippen LogP contribution in [0.15, 0.2) is 11.1 Å². The summed E-state index contributed by atoms with van der Waals surface area (Å²) in [6, 6.07) is 0. The first-order chi connectivity index (χ1) is 10.6. The van der Waals surface area contributed by atoms with Crippen LogP contribution < -0.4 is 5.73 Å². The van der Waals surface area contributed by atoms with E-state index >= 15 is 0 Å². The van der Waals surface area contributed by atoms with E-state index in [1.54, 1.807) is 20.8 Å². The Morgan fingerprint density at radius 2 is 2.00 bits per heavy atom. The van der Waals surface area contributed by atoms with Gasteiger partial charge in [-0.15, -0.1) is 0 Å². The lowest BCUT2D eigenvalue weighted by molar-refractivity contribution is 0.0260. The Balaban J connectivity index is 2.07. The van der Waals surface area contributed by atoms with Crippen LogP contribution in [0, 0.1) is 0 Å². The van der Waals surface area contributed by atoms with Crippen molar-refractivity contribution < 1.29 is 17.9 Å². The zero-order chi connectivity index (χ0) is 17.3. The minimum Gasteiger partial charge on any atom is -0.444 e. The second kappa shape index (κ2) is 6.36. The van der Waals surface area contributed by atoms with Crippen LogP contribution in [0.2, 0.25) is 0 Å². The van der Waals surface area contributed by atoms with Gasteiger partial charge in [0.15, 0.2) is 0 Å². The third-order valence-electron chi connectivity index (χ3n) is 3.36. The molecule has 1 saturated heterocycles. The van der Waals surface area contributed by atoms with Crippen molar-refractivity contribution in [2.75, 3.05) is 31.9 Å². The molecule has 0 aromatic carbocycles. The minimum atomic E-state index is -3.72. The molecule has 0 radical (unpaired) electrons. The van der Waals surface area contributed by atoms with Crippen LogP contribution in [0.4, 0.5) is 10.6 Å². The summed E-state index contributed by atoms with van der Waals surface area (Å²) in [5.41, 5.74) is 5.03. The van der Waals surface area contributed by atoms with Crippen LogP contribution >= 0.6 is 0 Å². The summed E-state index contributed by atoms with van der Waals surface area (Å²) < 4.78 is 31.8. The normalized spacial score (nSPS) is 17.8. The number of rotatable bonds is 2. The topological polar surface area (TPSA) is 122 Å². The van der Waals surface area contributed by atoms with Crippen molar-refractivity contribution in [1.82, 2.24) is 19.4 Å². The molecule has 1 fully saturated rings. The van der Waals surface area contributed by atoms with Crippen molar-refractivity contribution in [3.8, 4) is 0 Å². The van der Waals surface area contributed by atoms with E-state index in [1.165, 1.54) is 15.4 Å². The van der Waals surface area contributed by atoms with Gasteiger partial charge in [-0.1, -0.05) is 0 Å². The van der Waals surface area contributed by atoms with E-state index in [1.807, 2.05) is 0 Å². The molecule has 0 spiro atoms. The molecule has 3 N–H and O–H groups in total. The number of sulfonamides is 1. The highest BCUT2D eigenvalue weighted by Gasteiger charge is 2.31. The number of nitrogens with one attached hydrogen (secondary N) is 1. The summed E-state index contributed by atoms with van der Waals surface area (Å²) in [6.07, 6.45) is 1.29. The van der Waals surface area contributed by atoms with Crippen molar-refractivity contribution in [1.29, 1.82) is 0 Å². The van der Waals surface area contributed by atoms with Crippen molar-refractivity contribution in [2.45, 2.75) is 37.7 Å². The Bertz CT molecular complexity index is 664. The van der Waals surface area contributed by atoms with Crippen LogP contribution in [-0.2, 0) is 14.8 Å². The predicted molar refractivity (Wildman–Crippen MR) is 84.2 cm³/mol. The summed E-state index contributed by atoms with van der Waals surface area (Å²) in [5.74, 6) is 0.0123. The van der Waals surface area contributed by atoms with Crippen LogP contribution in [0.5, 0.6) is 0 Å². The van der Waals surface area contributed by atoms with Gasteiger partial charge in [0.1, 0.15) is 16.3 Å². The largest absolute Gasteiger partial charge is 0.444 e. The Kier molecular flexibility index (Phi) is 4.85. The molecule has 9 nitrogen and oxygen atoms in total. The van der Waals surface area contributed by atoms with Gasteiger partial charge < -0.3 is 15.4 Å². The molecule has 10 heteroatoms. The van der Waals surface area contributed by atoms with E-state index in [2.05, 4.69) is 10.2 Å². The average Bonchev–Trinajstić information content (AvgIpc) is 2.71. The number of ether oxygens (including phenoxy) is 1. The van der Waals surface area contributed by atoms with E-state index in [0.717, 1.165) is 0 Å². The summed E-state index contributed by atoms with van der Waals surface area (Å²) in [7, 11) is -3.72. The van der Waals surface area contributed by atoms with E-state index in [0.29, 0.717) is 19.5 Å². The first-order valence-corrected chi connectivity index (χ1v) is 8.82. The molecule has 0 unspecified atom stereocenters. The van der Waals surface area contributed by atoms with Crippen molar-refractivity contribution in [2.24, 2.45) is 0 Å². The Labute approximate surface area is 135 Å². The number of carbonyl (C=O) groups excluding carboxylic acids is 1. The third-order valence-corrected chi connectivity index (χ3v) is 5.28. The first-order valence-electron chi connectivity index (χ1n) is 7.38. The van der Waals surface area contributed by atoms with Gasteiger partial charge in [-0.3, -0.25) is 5.10 Å². The number of nitrogens with zero attached hydrogens (tertiary/aromatic N) is 3. The second-order valence-electron chi connectivity index (χ2n) is 6.37. The quantitative estimate of drug-likeness (QED) is 0.810. The molecule has 0 aliphatic carbocycles. The molecule has 1 aromatic heterocycles. The van der Waals surface area contributed by atoms with Crippen LogP contribution in [0.1, 0.15) is 27.2 Å². The number of anilines is 1. The van der Waals surface area contributed by atoms with Gasteiger partial charge in [-0.05, 0) is 27.2 Å². The Hall–Kier alpha value is -1.81. The fraction of sp³-hybridized carbons (Fsp3) is 0.692. The SMILES string of the molecule is CC(C)(C)OC(=O)N1CCCN(S(=O)(=O)c2cn[nH]c2N)CC1. The predicted octanol–water partition coefficient (Wildman–Crippen LogP) is 0.623. The fourth-order valence-corrected chi connectivity index (χ4v) is 3.75. The Morgan fingerprint density at radius 3 is 2.57 bits per heavy atom. The number of carbonyl (C=O) groups is 1. The highest BCUT2D eigenvalue weighted by molar-refractivity contribution is 7.89. The van der Waals surface area contributed by atoms with Crippen LogP contribution in [0.25, 0.3) is 0 Å². The van der Waals surface area contributed by atoms with Gasteiger partial charge in [0.2, 0.25) is 10.0 Å². The van der Waals surface area contributed by atoms with Gasteiger partial charge in [-0.2, -0.15) is 9.40 Å². The van der Waals surface area contributed by atoms with Crippen LogP contribution in [-0.4, -0.2) is 65.7 Å². The number of nitrogen functional groups attached to an aromatic ring is 1. The lowest BCUT2D eigenvalue weighted by Crippen LogP contribution is -2.40. The van der Waals surface area contributed by atoms with E-state index in [-0.39, 0.29) is 23.8 Å². The highest BCUT2D eigenvalue weighted by atomic mass is 32.2. The average molecular weight is 345 g/mol. The van der Waals surface area contributed by atoms with E-state index in [9.17, 15) is 13.2 Å². The number of hydrogen-bond acceptors (Lipinski definition) is 6. The molecule has 2 heterocycles. The number of aromatic nitrogens is 2. The lowest BCUT2D eigenvalue weighted by Gasteiger charge is -2.26. The summed E-state index contributed by atoms with van der Waals surface area (Å²) in [4.78, 5) is 13.6. The fourth-order valence-electron chi connectivity index (χ4n) is 2.27. The summed E-state index contributed by atoms with van der Waals surface area (Å²) >= 11 is 0.